The number of guanidine groups is 1. The number of aliphatic imine (C=N–C) groups is 1. The molecule has 0 aromatic heterocycles. The van der Waals surface area contributed by atoms with E-state index in [1.165, 1.54) is 12.1 Å². The van der Waals surface area contributed by atoms with Crippen molar-refractivity contribution in [1.29, 1.82) is 0 Å². The minimum absolute atomic E-state index is 0.0546. The zero-order chi connectivity index (χ0) is 20.5. The van der Waals surface area contributed by atoms with Crippen LogP contribution in [0.2, 0.25) is 10.0 Å². The highest BCUT2D eigenvalue weighted by Gasteiger charge is 2.21. The largest absolute Gasteiger partial charge is 0.510 e. The zero-order valence-electron chi connectivity index (χ0n) is 14.7. The second kappa shape index (κ2) is 10.6. The molecule has 0 radical (unpaired) electrons. The summed E-state index contributed by atoms with van der Waals surface area (Å²) in [4.78, 5) is 31.8. The maximum atomic E-state index is 11.6. The number of nitrogen functional groups attached to an aromatic ring is 1. The van der Waals surface area contributed by atoms with Gasteiger partial charge in [-0.1, -0.05) is 23.2 Å². The molecular formula is C15H19Cl2N5O6. The fraction of sp³-hybridized carbons (Fsp3) is 0.467. The van der Waals surface area contributed by atoms with Gasteiger partial charge in [0, 0.05) is 18.8 Å². The first kappa shape index (κ1) is 21.6. The summed E-state index contributed by atoms with van der Waals surface area (Å²) in [5, 5.41) is 12.8. The van der Waals surface area contributed by atoms with Crippen LogP contribution in [-0.4, -0.2) is 55.1 Å². The summed E-state index contributed by atoms with van der Waals surface area (Å²) in [5.74, 6) is 0.443. The number of nitrogens with zero attached hydrogens (tertiary/aromatic N) is 3. The molecule has 0 atom stereocenters. The lowest BCUT2D eigenvalue weighted by Crippen LogP contribution is -2.33. The Bertz CT molecular complexity index is 725. The highest BCUT2D eigenvalue weighted by Crippen LogP contribution is 2.35. The Morgan fingerprint density at radius 3 is 2.64 bits per heavy atom. The molecule has 0 spiro atoms. The highest BCUT2D eigenvalue weighted by molar-refractivity contribution is 6.39. The third kappa shape index (κ3) is 6.82. The number of carbonyl (C=O) groups excluding carboxylic acids is 1. The number of nitrogens with two attached hydrogens (primary N) is 1. The van der Waals surface area contributed by atoms with Crippen LogP contribution in [0.3, 0.4) is 0 Å². The molecule has 2 rings (SSSR count). The van der Waals surface area contributed by atoms with Crippen molar-refractivity contribution in [2.75, 3.05) is 38.8 Å². The lowest BCUT2D eigenvalue weighted by molar-refractivity contribution is -0.757. The van der Waals surface area contributed by atoms with Gasteiger partial charge in [0.05, 0.1) is 23.3 Å². The summed E-state index contributed by atoms with van der Waals surface area (Å²) >= 11 is 12.3. The fourth-order valence-electron chi connectivity index (χ4n) is 2.23. The molecular weight excluding hydrogens is 417 g/mol. The number of unbranched alkanes of at least 4 members (excludes halogenated alkanes) is 1. The average Bonchev–Trinajstić information content (AvgIpc) is 3.06. The van der Waals surface area contributed by atoms with Gasteiger partial charge in [0.2, 0.25) is 5.96 Å². The molecule has 0 amide bonds. The smallest absolute Gasteiger partial charge is 0.434 e. The summed E-state index contributed by atoms with van der Waals surface area (Å²) < 4.78 is 9.92. The summed E-state index contributed by atoms with van der Waals surface area (Å²) in [5.41, 5.74) is 6.45. The molecule has 11 nitrogen and oxygen atoms in total. The van der Waals surface area contributed by atoms with Crippen LogP contribution in [0.4, 0.5) is 16.2 Å². The van der Waals surface area contributed by atoms with Gasteiger partial charge in [0.1, 0.15) is 5.69 Å². The van der Waals surface area contributed by atoms with Crippen molar-refractivity contribution < 1.29 is 24.2 Å². The second-order valence-corrected chi connectivity index (χ2v) is 6.41. The van der Waals surface area contributed by atoms with Crippen molar-refractivity contribution in [2.24, 2.45) is 4.99 Å². The maximum Gasteiger partial charge on any atom is 0.510 e. The Kier molecular flexibility index (Phi) is 8.20. The van der Waals surface area contributed by atoms with E-state index in [-0.39, 0.29) is 19.9 Å². The molecule has 13 heteroatoms. The highest BCUT2D eigenvalue weighted by atomic mass is 35.5. The van der Waals surface area contributed by atoms with Crippen molar-refractivity contribution in [2.45, 2.75) is 12.8 Å². The van der Waals surface area contributed by atoms with Crippen molar-refractivity contribution in [3.8, 4) is 0 Å². The van der Waals surface area contributed by atoms with E-state index in [0.717, 1.165) is 0 Å². The molecule has 1 aromatic rings. The Hall–Kier alpha value is -2.66. The second-order valence-electron chi connectivity index (χ2n) is 5.59. The third-order valence-corrected chi connectivity index (χ3v) is 4.09. The minimum Gasteiger partial charge on any atom is -0.434 e. The zero-order valence-corrected chi connectivity index (χ0v) is 16.2. The predicted molar refractivity (Wildman–Crippen MR) is 102 cm³/mol. The van der Waals surface area contributed by atoms with Gasteiger partial charge in [-0.2, -0.15) is 0 Å². The molecule has 1 aliphatic heterocycles. The van der Waals surface area contributed by atoms with E-state index in [0.29, 0.717) is 53.3 Å². The molecule has 1 saturated heterocycles. The van der Waals surface area contributed by atoms with Crippen LogP contribution in [0.5, 0.6) is 0 Å². The number of hydrogen-bond acceptors (Lipinski definition) is 8. The summed E-state index contributed by atoms with van der Waals surface area (Å²) in [6.45, 7) is 1.07. The lowest BCUT2D eigenvalue weighted by atomic mass is 10.3. The van der Waals surface area contributed by atoms with Crippen LogP contribution in [-0.2, 0) is 14.3 Å². The van der Waals surface area contributed by atoms with E-state index in [1.807, 2.05) is 0 Å². The van der Waals surface area contributed by atoms with E-state index >= 15 is 0 Å². The molecule has 0 bridgehead atoms. The molecule has 154 valence electrons. The summed E-state index contributed by atoms with van der Waals surface area (Å²) in [6.07, 6.45) is -0.0655. The fourth-order valence-corrected chi connectivity index (χ4v) is 2.81. The summed E-state index contributed by atoms with van der Waals surface area (Å²) in [6, 6.07) is 3.08. The van der Waals surface area contributed by atoms with Crippen LogP contribution in [0.15, 0.2) is 17.1 Å². The molecule has 0 unspecified atom stereocenters. The van der Waals surface area contributed by atoms with Crippen LogP contribution < -0.4 is 11.1 Å². The standard InChI is InChI=1S/C15H19Cl2N5O6/c16-11-7-10(18)8-12(17)13(11)20-14-19-3-4-21(14)9-27-15(23)26-5-1-2-6-28-22(24)25/h7-8H,1-6,9,18H2,(H,19,20). The average molecular weight is 436 g/mol. The number of anilines is 1. The molecule has 1 aromatic carbocycles. The Labute approximate surface area is 170 Å². The molecule has 1 heterocycles. The first-order valence-corrected chi connectivity index (χ1v) is 9.01. The number of benzene rings is 1. The number of nitrogens with one attached hydrogen (secondary N) is 1. The number of carbonyl (C=O) groups is 1. The van der Waals surface area contributed by atoms with Crippen LogP contribution >= 0.6 is 23.2 Å². The first-order valence-electron chi connectivity index (χ1n) is 8.25. The molecule has 28 heavy (non-hydrogen) atoms. The molecule has 0 saturated carbocycles. The molecule has 0 aliphatic carbocycles. The van der Waals surface area contributed by atoms with E-state index < -0.39 is 11.2 Å². The Morgan fingerprint density at radius 2 is 1.96 bits per heavy atom. The normalized spacial score (nSPS) is 14.6. The maximum absolute atomic E-state index is 11.6. The topological polar surface area (TPSA) is 142 Å². The Morgan fingerprint density at radius 1 is 1.29 bits per heavy atom. The van der Waals surface area contributed by atoms with Crippen LogP contribution in [0.1, 0.15) is 12.8 Å². The van der Waals surface area contributed by atoms with E-state index in [9.17, 15) is 14.9 Å². The SMILES string of the molecule is Nc1cc(Cl)c(/N=C2\NCCN2COC(=O)OCCCCO[N+](=O)[O-])c(Cl)c1. The van der Waals surface area contributed by atoms with Gasteiger partial charge in [-0.15, -0.1) is 10.1 Å². The van der Waals surface area contributed by atoms with Crippen LogP contribution in [0, 0.1) is 10.1 Å². The van der Waals surface area contributed by atoms with Gasteiger partial charge >= 0.3 is 6.16 Å². The molecule has 1 fully saturated rings. The molecule has 3 N–H and O–H groups in total. The van der Waals surface area contributed by atoms with Gasteiger partial charge in [-0.05, 0) is 25.0 Å². The van der Waals surface area contributed by atoms with Gasteiger partial charge < -0.3 is 30.3 Å². The van der Waals surface area contributed by atoms with Gasteiger partial charge in [0.15, 0.2) is 6.73 Å². The Balaban J connectivity index is 1.79. The van der Waals surface area contributed by atoms with Crippen LogP contribution in [0.25, 0.3) is 0 Å². The summed E-state index contributed by atoms with van der Waals surface area (Å²) in [7, 11) is 0. The number of halogens is 2. The molecule has 1 aliphatic rings. The quantitative estimate of drug-likeness (QED) is 0.196. The monoisotopic (exact) mass is 435 g/mol. The lowest BCUT2D eigenvalue weighted by Gasteiger charge is -2.17. The van der Waals surface area contributed by atoms with E-state index in [2.05, 4.69) is 15.1 Å². The van der Waals surface area contributed by atoms with Crippen molar-refractivity contribution in [3.63, 3.8) is 0 Å². The van der Waals surface area contributed by atoms with Crippen molar-refractivity contribution in [3.05, 3.63) is 32.3 Å². The number of hydrogen-bond donors (Lipinski definition) is 2. The van der Waals surface area contributed by atoms with E-state index in [4.69, 9.17) is 38.4 Å². The number of rotatable bonds is 9. The van der Waals surface area contributed by atoms with Crippen molar-refractivity contribution >= 4 is 46.7 Å². The van der Waals surface area contributed by atoms with Gasteiger partial charge in [0.25, 0.3) is 5.09 Å². The first-order chi connectivity index (χ1) is 13.4. The van der Waals surface area contributed by atoms with Gasteiger partial charge in [-0.3, -0.25) is 0 Å². The number of ether oxygens (including phenoxy) is 2. The van der Waals surface area contributed by atoms with E-state index in [1.54, 1.807) is 4.90 Å². The minimum atomic E-state index is -0.872. The predicted octanol–water partition coefficient (Wildman–Crippen LogP) is 2.57. The van der Waals surface area contributed by atoms with Gasteiger partial charge in [-0.25, -0.2) is 9.79 Å². The van der Waals surface area contributed by atoms with Crippen molar-refractivity contribution in [1.82, 2.24) is 10.2 Å². The third-order valence-electron chi connectivity index (χ3n) is 3.51.